The third-order valence-corrected chi connectivity index (χ3v) is 3.11. The summed E-state index contributed by atoms with van der Waals surface area (Å²) in [6.45, 7) is 4.01. The largest absolute Gasteiger partial charge is 0.496 e. The van der Waals surface area contributed by atoms with Crippen LogP contribution in [0, 0.1) is 25.2 Å². The first kappa shape index (κ1) is 13.9. The van der Waals surface area contributed by atoms with Crippen molar-refractivity contribution >= 4 is 0 Å². The van der Waals surface area contributed by atoms with E-state index >= 15 is 0 Å². The third-order valence-electron chi connectivity index (χ3n) is 3.11. The zero-order valence-electron chi connectivity index (χ0n) is 12.0. The smallest absolute Gasteiger partial charge is 0.154 e. The first-order valence-corrected chi connectivity index (χ1v) is 6.20. The van der Waals surface area contributed by atoms with E-state index in [1.54, 1.807) is 19.4 Å². The molecule has 0 aliphatic carbocycles. The Bertz CT molecular complexity index is 688. The minimum absolute atomic E-state index is 0.457. The maximum atomic E-state index is 9.17. The summed E-state index contributed by atoms with van der Waals surface area (Å²) >= 11 is 0. The van der Waals surface area contributed by atoms with E-state index < -0.39 is 0 Å². The average Bonchev–Trinajstić information content (AvgIpc) is 2.45. The second kappa shape index (κ2) is 5.62. The van der Waals surface area contributed by atoms with Crippen LogP contribution in [0.4, 0.5) is 0 Å². The molecule has 0 spiro atoms. The Hall–Kier alpha value is -2.54. The van der Waals surface area contributed by atoms with Gasteiger partial charge in [0.2, 0.25) is 0 Å². The highest BCUT2D eigenvalue weighted by molar-refractivity contribution is 5.71. The number of rotatable bonds is 3. The molecular weight excluding hydrogens is 252 g/mol. The molecule has 0 fully saturated rings. The van der Waals surface area contributed by atoms with E-state index in [0.717, 1.165) is 22.4 Å². The zero-order valence-corrected chi connectivity index (χ0v) is 12.0. The minimum Gasteiger partial charge on any atom is -0.496 e. The van der Waals surface area contributed by atoms with Gasteiger partial charge in [0, 0.05) is 5.56 Å². The SMILES string of the molecule is COc1cnc(-c2cc(C)cc(C)c2OC)cc1C#N. The van der Waals surface area contributed by atoms with E-state index in [1.165, 1.54) is 7.11 Å². The van der Waals surface area contributed by atoms with Crippen LogP contribution < -0.4 is 9.47 Å². The fourth-order valence-corrected chi connectivity index (χ4v) is 2.26. The van der Waals surface area contributed by atoms with Gasteiger partial charge in [-0.3, -0.25) is 4.98 Å². The van der Waals surface area contributed by atoms with E-state index in [2.05, 4.69) is 17.1 Å². The number of hydrogen-bond donors (Lipinski definition) is 0. The molecule has 20 heavy (non-hydrogen) atoms. The summed E-state index contributed by atoms with van der Waals surface area (Å²) in [4.78, 5) is 4.36. The van der Waals surface area contributed by atoms with Crippen LogP contribution in [0.3, 0.4) is 0 Å². The molecule has 0 aliphatic rings. The van der Waals surface area contributed by atoms with Crippen LogP contribution in [-0.4, -0.2) is 19.2 Å². The Balaban J connectivity index is 2.66. The molecule has 0 saturated heterocycles. The highest BCUT2D eigenvalue weighted by atomic mass is 16.5. The molecule has 4 nitrogen and oxygen atoms in total. The highest BCUT2D eigenvalue weighted by Crippen LogP contribution is 2.34. The van der Waals surface area contributed by atoms with Crippen LogP contribution >= 0.6 is 0 Å². The number of methoxy groups -OCH3 is 2. The number of hydrogen-bond acceptors (Lipinski definition) is 4. The van der Waals surface area contributed by atoms with Gasteiger partial charge in [0.1, 0.15) is 11.8 Å². The molecule has 0 unspecified atom stereocenters. The maximum absolute atomic E-state index is 9.17. The molecule has 2 rings (SSSR count). The van der Waals surface area contributed by atoms with Crippen LogP contribution in [0.15, 0.2) is 24.4 Å². The van der Waals surface area contributed by atoms with E-state index in [4.69, 9.17) is 14.7 Å². The predicted molar refractivity (Wildman–Crippen MR) is 77.0 cm³/mol. The molecular formula is C16H16N2O2. The van der Waals surface area contributed by atoms with Crippen molar-refractivity contribution < 1.29 is 9.47 Å². The Morgan fingerprint density at radius 2 is 1.85 bits per heavy atom. The van der Waals surface area contributed by atoms with Gasteiger partial charge >= 0.3 is 0 Å². The van der Waals surface area contributed by atoms with Crippen LogP contribution in [0.5, 0.6) is 11.5 Å². The molecule has 0 saturated carbocycles. The molecule has 0 amide bonds. The van der Waals surface area contributed by atoms with E-state index in [1.807, 2.05) is 19.9 Å². The summed E-state index contributed by atoms with van der Waals surface area (Å²) < 4.78 is 10.6. The van der Waals surface area contributed by atoms with Gasteiger partial charge in [-0.05, 0) is 37.1 Å². The van der Waals surface area contributed by atoms with Crippen molar-refractivity contribution in [2.45, 2.75) is 13.8 Å². The summed E-state index contributed by atoms with van der Waals surface area (Å²) in [5.74, 6) is 1.25. The number of aromatic nitrogens is 1. The van der Waals surface area contributed by atoms with Crippen LogP contribution in [0.1, 0.15) is 16.7 Å². The first-order valence-electron chi connectivity index (χ1n) is 6.20. The second-order valence-corrected chi connectivity index (χ2v) is 4.54. The van der Waals surface area contributed by atoms with Crippen molar-refractivity contribution in [2.75, 3.05) is 14.2 Å². The van der Waals surface area contributed by atoms with Crippen LogP contribution in [0.25, 0.3) is 11.3 Å². The fourth-order valence-electron chi connectivity index (χ4n) is 2.26. The van der Waals surface area contributed by atoms with Gasteiger partial charge in [0.15, 0.2) is 5.75 Å². The lowest BCUT2D eigenvalue weighted by molar-refractivity contribution is 0.410. The Morgan fingerprint density at radius 1 is 1.10 bits per heavy atom. The van der Waals surface area contributed by atoms with Crippen LogP contribution in [-0.2, 0) is 0 Å². The fraction of sp³-hybridized carbons (Fsp3) is 0.250. The monoisotopic (exact) mass is 268 g/mol. The standard InChI is InChI=1S/C16H16N2O2/c1-10-5-11(2)16(20-4)13(6-10)14-7-12(8-17)15(19-3)9-18-14/h5-7,9H,1-4H3. The second-order valence-electron chi connectivity index (χ2n) is 4.54. The summed E-state index contributed by atoms with van der Waals surface area (Å²) in [5.41, 5.74) is 4.20. The molecule has 0 bridgehead atoms. The first-order chi connectivity index (χ1) is 9.60. The van der Waals surface area contributed by atoms with Crippen molar-refractivity contribution in [3.63, 3.8) is 0 Å². The molecule has 4 heteroatoms. The number of benzene rings is 1. The lowest BCUT2D eigenvalue weighted by Gasteiger charge is -2.13. The summed E-state index contributed by atoms with van der Waals surface area (Å²) in [6, 6.07) is 7.89. The quantitative estimate of drug-likeness (QED) is 0.857. The predicted octanol–water partition coefficient (Wildman–Crippen LogP) is 3.25. The van der Waals surface area contributed by atoms with Gasteiger partial charge in [-0.2, -0.15) is 5.26 Å². The van der Waals surface area contributed by atoms with Crippen molar-refractivity contribution in [3.05, 3.63) is 41.1 Å². The molecule has 0 atom stereocenters. The van der Waals surface area contributed by atoms with Gasteiger partial charge in [-0.1, -0.05) is 6.07 Å². The Labute approximate surface area is 118 Å². The molecule has 0 radical (unpaired) electrons. The molecule has 1 aromatic heterocycles. The Morgan fingerprint density at radius 3 is 2.45 bits per heavy atom. The van der Waals surface area contributed by atoms with Crippen molar-refractivity contribution in [2.24, 2.45) is 0 Å². The summed E-state index contributed by atoms with van der Waals surface area (Å²) in [6.07, 6.45) is 1.56. The third kappa shape index (κ3) is 2.43. The molecule has 0 N–H and O–H groups in total. The van der Waals surface area contributed by atoms with E-state index in [0.29, 0.717) is 17.0 Å². The average molecular weight is 268 g/mol. The molecule has 1 heterocycles. The van der Waals surface area contributed by atoms with Crippen molar-refractivity contribution in [1.82, 2.24) is 4.98 Å². The van der Waals surface area contributed by atoms with Gasteiger partial charge in [-0.25, -0.2) is 0 Å². The summed E-state index contributed by atoms with van der Waals surface area (Å²) in [7, 11) is 3.16. The van der Waals surface area contributed by atoms with Gasteiger partial charge < -0.3 is 9.47 Å². The lowest BCUT2D eigenvalue weighted by atomic mass is 10.0. The summed E-state index contributed by atoms with van der Waals surface area (Å²) in [5, 5.41) is 9.17. The topological polar surface area (TPSA) is 55.1 Å². The number of nitrogens with zero attached hydrogens (tertiary/aromatic N) is 2. The number of nitriles is 1. The van der Waals surface area contributed by atoms with E-state index in [-0.39, 0.29) is 0 Å². The molecule has 102 valence electrons. The highest BCUT2D eigenvalue weighted by Gasteiger charge is 2.13. The number of ether oxygens (including phenoxy) is 2. The number of pyridine rings is 1. The molecule has 2 aromatic rings. The lowest BCUT2D eigenvalue weighted by Crippen LogP contribution is -1.96. The van der Waals surface area contributed by atoms with Gasteiger partial charge in [0.05, 0.1) is 31.7 Å². The van der Waals surface area contributed by atoms with Gasteiger partial charge in [-0.15, -0.1) is 0 Å². The molecule has 1 aromatic carbocycles. The van der Waals surface area contributed by atoms with E-state index in [9.17, 15) is 0 Å². The number of aryl methyl sites for hydroxylation is 2. The zero-order chi connectivity index (χ0) is 14.7. The van der Waals surface area contributed by atoms with Gasteiger partial charge in [0.25, 0.3) is 0 Å². The van der Waals surface area contributed by atoms with Crippen LogP contribution in [0.2, 0.25) is 0 Å². The molecule has 0 aliphatic heterocycles. The van der Waals surface area contributed by atoms with Crippen molar-refractivity contribution in [1.29, 1.82) is 5.26 Å². The van der Waals surface area contributed by atoms with Crippen molar-refractivity contribution in [3.8, 4) is 28.8 Å². The minimum atomic E-state index is 0.457. The maximum Gasteiger partial charge on any atom is 0.154 e. The Kier molecular flexibility index (Phi) is 3.90. The normalized spacial score (nSPS) is 9.95.